The van der Waals surface area contributed by atoms with E-state index in [1.54, 1.807) is 0 Å². The molecular weight excluding hydrogens is 224 g/mol. The number of anilines is 1. The maximum absolute atomic E-state index is 12.0. The minimum absolute atomic E-state index is 0.0264. The van der Waals surface area contributed by atoms with E-state index >= 15 is 0 Å². The molecule has 0 saturated carbocycles. The van der Waals surface area contributed by atoms with Crippen molar-refractivity contribution in [1.82, 2.24) is 5.32 Å². The van der Waals surface area contributed by atoms with Gasteiger partial charge in [-0.05, 0) is 51.8 Å². The summed E-state index contributed by atoms with van der Waals surface area (Å²) in [4.78, 5) is 12.0. The molecule has 1 aromatic carbocycles. The molecule has 0 fully saturated rings. The normalized spacial score (nSPS) is 12.3. The van der Waals surface area contributed by atoms with Gasteiger partial charge in [-0.15, -0.1) is 0 Å². The molecule has 0 heterocycles. The van der Waals surface area contributed by atoms with E-state index in [2.05, 4.69) is 36.6 Å². The van der Waals surface area contributed by atoms with E-state index < -0.39 is 0 Å². The van der Waals surface area contributed by atoms with E-state index in [0.717, 1.165) is 29.8 Å². The third-order valence-electron chi connectivity index (χ3n) is 3.02. The molecule has 0 radical (unpaired) electrons. The van der Waals surface area contributed by atoms with Crippen LogP contribution in [-0.4, -0.2) is 18.5 Å². The van der Waals surface area contributed by atoms with Gasteiger partial charge in [0.2, 0.25) is 5.91 Å². The fourth-order valence-electron chi connectivity index (χ4n) is 2.06. The molecule has 0 saturated heterocycles. The minimum Gasteiger partial charge on any atom is -0.324 e. The molecule has 18 heavy (non-hydrogen) atoms. The van der Waals surface area contributed by atoms with Gasteiger partial charge in [-0.3, -0.25) is 4.79 Å². The highest BCUT2D eigenvalue weighted by Crippen LogP contribution is 2.21. The van der Waals surface area contributed by atoms with Crippen molar-refractivity contribution in [2.45, 2.75) is 47.1 Å². The molecule has 3 heteroatoms. The van der Waals surface area contributed by atoms with Crippen LogP contribution >= 0.6 is 0 Å². The summed E-state index contributed by atoms with van der Waals surface area (Å²) in [5.74, 6) is 0.0264. The van der Waals surface area contributed by atoms with Crippen LogP contribution in [0.15, 0.2) is 12.1 Å². The summed E-state index contributed by atoms with van der Waals surface area (Å²) < 4.78 is 0. The van der Waals surface area contributed by atoms with E-state index in [1.807, 2.05) is 20.8 Å². The van der Waals surface area contributed by atoms with Gasteiger partial charge in [0.15, 0.2) is 0 Å². The summed E-state index contributed by atoms with van der Waals surface area (Å²) in [5.41, 5.74) is 4.39. The van der Waals surface area contributed by atoms with Crippen molar-refractivity contribution in [2.24, 2.45) is 0 Å². The van der Waals surface area contributed by atoms with Crippen LogP contribution in [0.4, 0.5) is 5.69 Å². The van der Waals surface area contributed by atoms with Gasteiger partial charge in [0.1, 0.15) is 0 Å². The average molecular weight is 248 g/mol. The Morgan fingerprint density at radius 2 is 1.78 bits per heavy atom. The number of hydrogen-bond donors (Lipinski definition) is 2. The fraction of sp³-hybridized carbons (Fsp3) is 0.533. The molecular formula is C15H24N2O. The standard InChI is InChI=1S/C15H24N2O/c1-6-7-16-13(5)15(18)17-14-11(3)8-10(2)9-12(14)4/h8-9,13,16H,6-7H2,1-5H3,(H,17,18). The van der Waals surface area contributed by atoms with Gasteiger partial charge in [-0.2, -0.15) is 0 Å². The lowest BCUT2D eigenvalue weighted by molar-refractivity contribution is -0.117. The molecule has 2 N–H and O–H groups in total. The van der Waals surface area contributed by atoms with E-state index in [0.29, 0.717) is 0 Å². The second kappa shape index (κ2) is 6.55. The maximum atomic E-state index is 12.0. The fourth-order valence-corrected chi connectivity index (χ4v) is 2.06. The summed E-state index contributed by atoms with van der Waals surface area (Å²) in [7, 11) is 0. The van der Waals surface area contributed by atoms with Crippen LogP contribution in [0.2, 0.25) is 0 Å². The van der Waals surface area contributed by atoms with E-state index in [-0.39, 0.29) is 11.9 Å². The lowest BCUT2D eigenvalue weighted by Crippen LogP contribution is -2.38. The van der Waals surface area contributed by atoms with Gasteiger partial charge in [-0.25, -0.2) is 0 Å². The van der Waals surface area contributed by atoms with Crippen molar-refractivity contribution >= 4 is 11.6 Å². The topological polar surface area (TPSA) is 41.1 Å². The number of carbonyl (C=O) groups excluding carboxylic acids is 1. The Morgan fingerprint density at radius 3 is 2.28 bits per heavy atom. The smallest absolute Gasteiger partial charge is 0.241 e. The molecule has 1 aromatic rings. The quantitative estimate of drug-likeness (QED) is 0.841. The Hall–Kier alpha value is -1.35. The van der Waals surface area contributed by atoms with Crippen molar-refractivity contribution in [3.63, 3.8) is 0 Å². The average Bonchev–Trinajstić information content (AvgIpc) is 2.30. The summed E-state index contributed by atoms with van der Waals surface area (Å²) in [6.07, 6.45) is 1.03. The Kier molecular flexibility index (Phi) is 5.35. The number of aryl methyl sites for hydroxylation is 3. The molecule has 1 unspecified atom stereocenters. The lowest BCUT2D eigenvalue weighted by atomic mass is 10.0. The number of carbonyl (C=O) groups is 1. The number of amides is 1. The summed E-state index contributed by atoms with van der Waals surface area (Å²) in [6, 6.07) is 4.02. The van der Waals surface area contributed by atoms with Crippen molar-refractivity contribution < 1.29 is 4.79 Å². The largest absolute Gasteiger partial charge is 0.324 e. The number of hydrogen-bond acceptors (Lipinski definition) is 2. The summed E-state index contributed by atoms with van der Waals surface area (Å²) in [5, 5.41) is 6.20. The molecule has 0 aliphatic carbocycles. The molecule has 0 spiro atoms. The monoisotopic (exact) mass is 248 g/mol. The second-order valence-electron chi connectivity index (χ2n) is 4.94. The Morgan fingerprint density at radius 1 is 1.22 bits per heavy atom. The zero-order valence-corrected chi connectivity index (χ0v) is 12.1. The molecule has 0 aliphatic rings. The van der Waals surface area contributed by atoms with E-state index in [1.165, 1.54) is 5.56 Å². The zero-order valence-electron chi connectivity index (χ0n) is 12.1. The Balaban J connectivity index is 2.76. The predicted molar refractivity (Wildman–Crippen MR) is 77.0 cm³/mol. The highest BCUT2D eigenvalue weighted by atomic mass is 16.2. The first-order valence-corrected chi connectivity index (χ1v) is 6.57. The summed E-state index contributed by atoms with van der Waals surface area (Å²) in [6.45, 7) is 11.0. The zero-order chi connectivity index (χ0) is 13.7. The second-order valence-corrected chi connectivity index (χ2v) is 4.94. The first-order chi connectivity index (χ1) is 8.45. The molecule has 100 valence electrons. The van der Waals surface area contributed by atoms with Gasteiger partial charge in [0, 0.05) is 5.69 Å². The lowest BCUT2D eigenvalue weighted by Gasteiger charge is -2.17. The minimum atomic E-state index is -0.162. The highest BCUT2D eigenvalue weighted by molar-refractivity contribution is 5.95. The van der Waals surface area contributed by atoms with Crippen LogP contribution in [0.3, 0.4) is 0 Å². The first kappa shape index (κ1) is 14.7. The third-order valence-corrected chi connectivity index (χ3v) is 3.02. The molecule has 1 amide bonds. The first-order valence-electron chi connectivity index (χ1n) is 6.57. The van der Waals surface area contributed by atoms with Gasteiger partial charge in [0.05, 0.1) is 6.04 Å². The van der Waals surface area contributed by atoms with Crippen molar-refractivity contribution in [3.8, 4) is 0 Å². The SMILES string of the molecule is CCCNC(C)C(=O)Nc1c(C)cc(C)cc1C. The van der Waals surface area contributed by atoms with Crippen molar-refractivity contribution in [1.29, 1.82) is 0 Å². The van der Waals surface area contributed by atoms with E-state index in [4.69, 9.17) is 0 Å². The predicted octanol–water partition coefficient (Wildman–Crippen LogP) is 2.94. The molecule has 0 bridgehead atoms. The van der Waals surface area contributed by atoms with Crippen molar-refractivity contribution in [3.05, 3.63) is 28.8 Å². The molecule has 0 aromatic heterocycles. The van der Waals surface area contributed by atoms with Crippen LogP contribution in [0.5, 0.6) is 0 Å². The van der Waals surface area contributed by atoms with Crippen LogP contribution in [0, 0.1) is 20.8 Å². The van der Waals surface area contributed by atoms with Gasteiger partial charge in [-0.1, -0.05) is 24.6 Å². The molecule has 3 nitrogen and oxygen atoms in total. The van der Waals surface area contributed by atoms with E-state index in [9.17, 15) is 4.79 Å². The van der Waals surface area contributed by atoms with Gasteiger partial charge in [0.25, 0.3) is 0 Å². The van der Waals surface area contributed by atoms with Gasteiger partial charge < -0.3 is 10.6 Å². The molecule has 0 aliphatic heterocycles. The Bertz CT molecular complexity index is 403. The van der Waals surface area contributed by atoms with Crippen LogP contribution in [0.25, 0.3) is 0 Å². The number of rotatable bonds is 5. The summed E-state index contributed by atoms with van der Waals surface area (Å²) >= 11 is 0. The van der Waals surface area contributed by atoms with Crippen molar-refractivity contribution in [2.75, 3.05) is 11.9 Å². The van der Waals surface area contributed by atoms with Gasteiger partial charge >= 0.3 is 0 Å². The number of nitrogens with one attached hydrogen (secondary N) is 2. The molecule has 1 atom stereocenters. The highest BCUT2D eigenvalue weighted by Gasteiger charge is 2.14. The maximum Gasteiger partial charge on any atom is 0.241 e. The van der Waals surface area contributed by atoms with Crippen LogP contribution in [0.1, 0.15) is 37.0 Å². The third kappa shape index (κ3) is 3.84. The Labute approximate surface area is 110 Å². The van der Waals surface area contributed by atoms with Crippen LogP contribution < -0.4 is 10.6 Å². The van der Waals surface area contributed by atoms with Crippen LogP contribution in [-0.2, 0) is 4.79 Å². The molecule has 1 rings (SSSR count). The number of benzene rings is 1.